The topological polar surface area (TPSA) is 172 Å². The van der Waals surface area contributed by atoms with Crippen LogP contribution < -0.4 is 19.3 Å². The van der Waals surface area contributed by atoms with Crippen molar-refractivity contribution in [2.24, 2.45) is 0 Å². The third-order valence-electron chi connectivity index (χ3n) is 9.79. The highest BCUT2D eigenvalue weighted by molar-refractivity contribution is 6.32. The Hall–Kier alpha value is -5.97. The fourth-order valence-electron chi connectivity index (χ4n) is 6.62. The lowest BCUT2D eigenvalue weighted by molar-refractivity contribution is -0.132. The average molecular weight is 864 g/mol. The number of benzene rings is 2. The molecule has 16 nitrogen and oxygen atoms in total. The van der Waals surface area contributed by atoms with E-state index in [9.17, 15) is 19.2 Å². The summed E-state index contributed by atoms with van der Waals surface area (Å²) < 4.78 is 12.0. The first kappa shape index (κ1) is 42.6. The van der Waals surface area contributed by atoms with Crippen molar-refractivity contribution in [3.63, 3.8) is 0 Å². The second kappa shape index (κ2) is 20.1. The second-order valence-electron chi connectivity index (χ2n) is 13.2. The van der Waals surface area contributed by atoms with E-state index in [4.69, 9.17) is 44.3 Å². The van der Waals surface area contributed by atoms with Gasteiger partial charge in [0.2, 0.25) is 11.8 Å². The summed E-state index contributed by atoms with van der Waals surface area (Å²) >= 11 is 17.7. The van der Waals surface area contributed by atoms with Crippen LogP contribution in [0.2, 0.25) is 10.0 Å². The summed E-state index contributed by atoms with van der Waals surface area (Å²) in [5.74, 6) is 1.29. The lowest BCUT2D eigenvalue weighted by Crippen LogP contribution is -2.49. The summed E-state index contributed by atoms with van der Waals surface area (Å²) in [6.45, 7) is 5.60. The quantitative estimate of drug-likeness (QED) is 0.148. The molecule has 1 N–H and O–H groups in total. The third-order valence-corrected chi connectivity index (χ3v) is 10.6. The zero-order chi connectivity index (χ0) is 41.9. The number of H-pyrrole nitrogens is 1. The molecule has 8 rings (SSSR count). The van der Waals surface area contributed by atoms with E-state index in [0.717, 1.165) is 36.1 Å². The number of nitrogens with one attached hydrogen (secondary N) is 1. The molecule has 2 saturated heterocycles. The van der Waals surface area contributed by atoms with E-state index in [2.05, 4.69) is 35.1 Å². The zero-order valence-corrected chi connectivity index (χ0v) is 34.5. The number of rotatable bonds is 9. The Bertz CT molecular complexity index is 2410. The standard InChI is InChI=1S/C20H20ClN5O3.C13H16Cl2N2O2.C7H5N3O/c1-29-18-11-14(4-5-16(18)21)24-7-9-25(10-8-24)19(28)12-26-20-15(3-2-6-22-20)17(13-27)23-26;1-19-12-8-10(2-3-11(12)15)16-4-6-17(7-5-16)13(18)9-14;11-4-6-5-2-1-3-8-7(5)10-9-6/h2-6,11,13H,7-10,12H2,1H3;2-3,8H,4-7,9H2,1H3;1-4H,(H,8,9,10). The molecule has 0 spiro atoms. The Morgan fingerprint density at radius 1 is 0.729 bits per heavy atom. The minimum absolute atomic E-state index is 0.00463. The number of anilines is 2. The molecule has 19 heteroatoms. The van der Waals surface area contributed by atoms with E-state index in [-0.39, 0.29) is 24.2 Å². The molecular weight excluding hydrogens is 823 g/mol. The number of methoxy groups -OCH3 is 2. The van der Waals surface area contributed by atoms with Crippen LogP contribution in [-0.4, -0.2) is 137 Å². The van der Waals surface area contributed by atoms with Crippen LogP contribution >= 0.6 is 34.8 Å². The van der Waals surface area contributed by atoms with Crippen LogP contribution in [0.4, 0.5) is 11.4 Å². The number of fused-ring (bicyclic) bond motifs is 2. The summed E-state index contributed by atoms with van der Waals surface area (Å²) in [6, 6.07) is 18.5. The van der Waals surface area contributed by atoms with E-state index in [1.807, 2.05) is 36.4 Å². The monoisotopic (exact) mass is 862 g/mol. The predicted octanol–water partition coefficient (Wildman–Crippen LogP) is 5.26. The molecule has 0 atom stereocenters. The lowest BCUT2D eigenvalue weighted by atomic mass is 10.2. The van der Waals surface area contributed by atoms with E-state index >= 15 is 0 Å². The van der Waals surface area contributed by atoms with Crippen LogP contribution in [-0.2, 0) is 16.1 Å². The van der Waals surface area contributed by atoms with Gasteiger partial charge in [0, 0.05) is 99.0 Å². The number of hydrogen-bond donors (Lipinski definition) is 1. The molecule has 0 radical (unpaired) electrons. The second-order valence-corrected chi connectivity index (χ2v) is 14.3. The molecule has 0 saturated carbocycles. The Balaban J connectivity index is 0.000000166. The molecule has 2 aliphatic heterocycles. The highest BCUT2D eigenvalue weighted by atomic mass is 35.5. The molecule has 6 aromatic rings. The highest BCUT2D eigenvalue weighted by Crippen LogP contribution is 2.31. The first-order chi connectivity index (χ1) is 28.7. The molecule has 59 heavy (non-hydrogen) atoms. The number of nitrogens with zero attached hydrogens (tertiary/aromatic N) is 9. The average Bonchev–Trinajstić information content (AvgIpc) is 3.88. The molecule has 2 aromatic carbocycles. The number of aromatic amines is 1. The largest absolute Gasteiger partial charge is 0.495 e. The van der Waals surface area contributed by atoms with Crippen molar-refractivity contribution in [1.29, 1.82) is 0 Å². The Labute approximate surface area is 354 Å². The number of carbonyl (C=O) groups is 4. The van der Waals surface area contributed by atoms with Crippen molar-refractivity contribution in [3.05, 3.63) is 94.5 Å². The fourth-order valence-corrected chi connectivity index (χ4v) is 7.18. The normalized spacial score (nSPS) is 13.9. The van der Waals surface area contributed by atoms with Crippen molar-refractivity contribution < 1.29 is 28.7 Å². The highest BCUT2D eigenvalue weighted by Gasteiger charge is 2.24. The third kappa shape index (κ3) is 10.2. The molecule has 2 aliphatic rings. The summed E-state index contributed by atoms with van der Waals surface area (Å²) in [5, 5.41) is 13.2. The van der Waals surface area contributed by atoms with Crippen LogP contribution in [0.5, 0.6) is 11.5 Å². The molecule has 0 unspecified atom stereocenters. The maximum absolute atomic E-state index is 12.8. The number of aldehydes is 2. The number of alkyl halides is 1. The maximum atomic E-state index is 12.8. The number of hydrogen-bond acceptors (Lipinski definition) is 12. The zero-order valence-electron chi connectivity index (χ0n) is 32.3. The van der Waals surface area contributed by atoms with Gasteiger partial charge in [0.05, 0.1) is 24.3 Å². The number of amides is 2. The van der Waals surface area contributed by atoms with Crippen molar-refractivity contribution in [2.75, 3.05) is 82.3 Å². The van der Waals surface area contributed by atoms with Crippen molar-refractivity contribution >= 4 is 92.6 Å². The Kier molecular flexibility index (Phi) is 14.5. The van der Waals surface area contributed by atoms with Gasteiger partial charge in [0.15, 0.2) is 23.9 Å². The summed E-state index contributed by atoms with van der Waals surface area (Å²) in [6.07, 6.45) is 4.68. The molecular formula is C40H41Cl3N10O6. The van der Waals surface area contributed by atoms with Gasteiger partial charge in [0.25, 0.3) is 0 Å². The van der Waals surface area contributed by atoms with Gasteiger partial charge in [-0.3, -0.25) is 24.3 Å². The first-order valence-electron chi connectivity index (χ1n) is 18.5. The Morgan fingerprint density at radius 3 is 1.80 bits per heavy atom. The van der Waals surface area contributed by atoms with Gasteiger partial charge in [-0.1, -0.05) is 23.2 Å². The van der Waals surface area contributed by atoms with Gasteiger partial charge < -0.3 is 29.1 Å². The molecule has 4 aromatic heterocycles. The van der Waals surface area contributed by atoms with Crippen LogP contribution in [0.25, 0.3) is 22.1 Å². The van der Waals surface area contributed by atoms with Gasteiger partial charge in [-0.15, -0.1) is 11.6 Å². The molecule has 0 aliphatic carbocycles. The smallest absolute Gasteiger partial charge is 0.244 e. The summed E-state index contributed by atoms with van der Waals surface area (Å²) in [7, 11) is 3.19. The maximum Gasteiger partial charge on any atom is 0.244 e. The van der Waals surface area contributed by atoms with Gasteiger partial charge in [0.1, 0.15) is 35.3 Å². The Morgan fingerprint density at radius 2 is 1.27 bits per heavy atom. The summed E-state index contributed by atoms with van der Waals surface area (Å²) in [4.78, 5) is 62.1. The summed E-state index contributed by atoms with van der Waals surface area (Å²) in [5.41, 5.74) is 3.95. The van der Waals surface area contributed by atoms with E-state index < -0.39 is 0 Å². The van der Waals surface area contributed by atoms with Gasteiger partial charge in [-0.2, -0.15) is 10.2 Å². The number of aromatic nitrogens is 6. The van der Waals surface area contributed by atoms with Crippen molar-refractivity contribution in [3.8, 4) is 11.5 Å². The number of halogens is 3. The minimum atomic E-state index is -0.0501. The molecule has 2 fully saturated rings. The van der Waals surface area contributed by atoms with Crippen LogP contribution in [0.3, 0.4) is 0 Å². The number of piperazine rings is 2. The van der Waals surface area contributed by atoms with Gasteiger partial charge >= 0.3 is 0 Å². The SMILES string of the molecule is COc1cc(N2CCN(C(=O)CCl)CC2)ccc1Cl.COc1cc(N2CCN(C(=O)Cn3nc(C=O)c4cccnc43)CC2)ccc1Cl.O=Cc1[nH]nc2ncccc12. The van der Waals surface area contributed by atoms with Crippen molar-refractivity contribution in [1.82, 2.24) is 39.7 Å². The molecule has 6 heterocycles. The van der Waals surface area contributed by atoms with Crippen LogP contribution in [0.1, 0.15) is 21.0 Å². The first-order valence-corrected chi connectivity index (χ1v) is 19.8. The van der Waals surface area contributed by atoms with E-state index in [0.29, 0.717) is 95.2 Å². The fraction of sp³-hybridized carbons (Fsp3) is 0.300. The van der Waals surface area contributed by atoms with E-state index in [1.54, 1.807) is 60.7 Å². The van der Waals surface area contributed by atoms with Gasteiger partial charge in [-0.25, -0.2) is 14.6 Å². The number of carbonyl (C=O) groups excluding carboxylic acids is 4. The molecule has 2 amide bonds. The lowest BCUT2D eigenvalue weighted by Gasteiger charge is -2.36. The van der Waals surface area contributed by atoms with Crippen LogP contribution in [0, 0.1) is 0 Å². The van der Waals surface area contributed by atoms with Gasteiger partial charge in [-0.05, 0) is 48.5 Å². The number of pyridine rings is 2. The molecule has 0 bridgehead atoms. The molecule has 308 valence electrons. The number of ether oxygens (including phenoxy) is 2. The van der Waals surface area contributed by atoms with Crippen molar-refractivity contribution in [2.45, 2.75) is 6.54 Å². The minimum Gasteiger partial charge on any atom is -0.495 e. The van der Waals surface area contributed by atoms with E-state index in [1.165, 1.54) is 4.68 Å². The predicted molar refractivity (Wildman–Crippen MR) is 227 cm³/mol. The van der Waals surface area contributed by atoms with Crippen LogP contribution in [0.15, 0.2) is 73.1 Å².